The van der Waals surface area contributed by atoms with E-state index in [-0.39, 0.29) is 5.92 Å². The quantitative estimate of drug-likeness (QED) is 0.575. The second kappa shape index (κ2) is 6.34. The lowest BCUT2D eigenvalue weighted by Gasteiger charge is -2.17. The summed E-state index contributed by atoms with van der Waals surface area (Å²) in [4.78, 5) is 8.54. The smallest absolute Gasteiger partial charge is 0.148 e. The maximum absolute atomic E-state index is 5.54. The molecular weight excluding hydrogens is 250 g/mol. The van der Waals surface area contributed by atoms with Crippen molar-refractivity contribution >= 4 is 17.3 Å². The van der Waals surface area contributed by atoms with Gasteiger partial charge in [-0.25, -0.2) is 15.8 Å². The summed E-state index contributed by atoms with van der Waals surface area (Å²) in [6.45, 7) is 6.32. The number of nitrogens with zero attached hydrogens (tertiary/aromatic N) is 2. The zero-order chi connectivity index (χ0) is 14.5. The standard InChI is InChI=1S/C15H21N5/c1-4-11-7-5-6-8-12(11)19-14-13(10(2)3)15(20-16)18-9-17-14/h5-10H,4,16H2,1-3H3,(H2,17,18,19,20). The van der Waals surface area contributed by atoms with Gasteiger partial charge in [0.2, 0.25) is 0 Å². The minimum Gasteiger partial charge on any atom is -0.340 e. The third-order valence-electron chi connectivity index (χ3n) is 3.25. The Morgan fingerprint density at radius 1 is 1.15 bits per heavy atom. The van der Waals surface area contributed by atoms with Crippen molar-refractivity contribution < 1.29 is 0 Å². The number of hydrogen-bond donors (Lipinski definition) is 3. The van der Waals surface area contributed by atoms with Crippen molar-refractivity contribution in [1.82, 2.24) is 9.97 Å². The van der Waals surface area contributed by atoms with Crippen molar-refractivity contribution in [2.24, 2.45) is 5.84 Å². The summed E-state index contributed by atoms with van der Waals surface area (Å²) < 4.78 is 0. The van der Waals surface area contributed by atoms with Crippen LogP contribution in [0.5, 0.6) is 0 Å². The van der Waals surface area contributed by atoms with Crippen molar-refractivity contribution in [2.45, 2.75) is 33.1 Å². The van der Waals surface area contributed by atoms with Gasteiger partial charge in [-0.3, -0.25) is 0 Å². The van der Waals surface area contributed by atoms with Gasteiger partial charge in [0.05, 0.1) is 0 Å². The highest BCUT2D eigenvalue weighted by Crippen LogP contribution is 2.30. The first-order valence-corrected chi connectivity index (χ1v) is 6.83. The Morgan fingerprint density at radius 2 is 1.85 bits per heavy atom. The van der Waals surface area contributed by atoms with Crippen LogP contribution in [0.1, 0.15) is 37.8 Å². The van der Waals surface area contributed by atoms with Gasteiger partial charge >= 0.3 is 0 Å². The zero-order valence-electron chi connectivity index (χ0n) is 12.1. The molecule has 0 saturated carbocycles. The van der Waals surface area contributed by atoms with Gasteiger partial charge in [-0.1, -0.05) is 39.0 Å². The summed E-state index contributed by atoms with van der Waals surface area (Å²) in [7, 11) is 0. The molecule has 0 unspecified atom stereocenters. The number of nitrogens with two attached hydrogens (primary N) is 1. The van der Waals surface area contributed by atoms with E-state index in [0.29, 0.717) is 5.82 Å². The number of nitrogens with one attached hydrogen (secondary N) is 2. The zero-order valence-corrected chi connectivity index (χ0v) is 12.1. The maximum Gasteiger partial charge on any atom is 0.148 e. The molecule has 4 N–H and O–H groups in total. The summed E-state index contributed by atoms with van der Waals surface area (Å²) in [5.74, 6) is 7.26. The van der Waals surface area contributed by atoms with Crippen molar-refractivity contribution in [3.05, 3.63) is 41.7 Å². The Morgan fingerprint density at radius 3 is 2.50 bits per heavy atom. The van der Waals surface area contributed by atoms with Gasteiger partial charge in [-0.05, 0) is 24.0 Å². The van der Waals surface area contributed by atoms with Gasteiger partial charge < -0.3 is 10.7 Å². The number of anilines is 3. The number of hydrogen-bond acceptors (Lipinski definition) is 5. The second-order valence-electron chi connectivity index (χ2n) is 4.92. The van der Waals surface area contributed by atoms with Crippen LogP contribution >= 0.6 is 0 Å². The van der Waals surface area contributed by atoms with E-state index in [1.165, 1.54) is 11.9 Å². The van der Waals surface area contributed by atoms with Crippen molar-refractivity contribution in [2.75, 3.05) is 10.7 Å². The van der Waals surface area contributed by atoms with Gasteiger partial charge in [-0.15, -0.1) is 0 Å². The van der Waals surface area contributed by atoms with Crippen molar-refractivity contribution in [3.8, 4) is 0 Å². The molecule has 106 valence electrons. The molecule has 1 heterocycles. The summed E-state index contributed by atoms with van der Waals surface area (Å²) in [5, 5.41) is 3.40. The molecule has 0 atom stereocenters. The van der Waals surface area contributed by atoms with E-state index >= 15 is 0 Å². The molecule has 0 amide bonds. The molecule has 2 rings (SSSR count). The first-order valence-electron chi connectivity index (χ1n) is 6.83. The average molecular weight is 271 g/mol. The Balaban J connectivity index is 2.43. The lowest BCUT2D eigenvalue weighted by atomic mass is 10.0. The van der Waals surface area contributed by atoms with Crippen molar-refractivity contribution in [3.63, 3.8) is 0 Å². The molecule has 5 heteroatoms. The number of para-hydroxylation sites is 1. The Kier molecular flexibility index (Phi) is 4.53. The average Bonchev–Trinajstić information content (AvgIpc) is 2.47. The molecule has 0 bridgehead atoms. The second-order valence-corrected chi connectivity index (χ2v) is 4.92. The minimum absolute atomic E-state index is 0.263. The van der Waals surface area contributed by atoms with Crippen LogP contribution < -0.4 is 16.6 Å². The van der Waals surface area contributed by atoms with E-state index in [4.69, 9.17) is 5.84 Å². The number of hydrazine groups is 1. The van der Waals surface area contributed by atoms with E-state index in [1.54, 1.807) is 0 Å². The van der Waals surface area contributed by atoms with Gasteiger partial charge in [-0.2, -0.15) is 0 Å². The van der Waals surface area contributed by atoms with Gasteiger partial charge in [0.25, 0.3) is 0 Å². The number of aryl methyl sites for hydroxylation is 1. The van der Waals surface area contributed by atoms with Crippen LogP contribution in [-0.4, -0.2) is 9.97 Å². The number of rotatable bonds is 5. The van der Waals surface area contributed by atoms with E-state index in [0.717, 1.165) is 23.5 Å². The number of benzene rings is 1. The monoisotopic (exact) mass is 271 g/mol. The summed E-state index contributed by atoms with van der Waals surface area (Å²) in [5.41, 5.74) is 5.95. The molecule has 2 aromatic rings. The van der Waals surface area contributed by atoms with E-state index in [1.807, 2.05) is 12.1 Å². The predicted molar refractivity (Wildman–Crippen MR) is 83.0 cm³/mol. The van der Waals surface area contributed by atoms with Crippen LogP contribution in [0.15, 0.2) is 30.6 Å². The third kappa shape index (κ3) is 2.88. The number of nitrogen functional groups attached to an aromatic ring is 1. The predicted octanol–water partition coefficient (Wildman–Crippen LogP) is 3.19. The van der Waals surface area contributed by atoms with Crippen molar-refractivity contribution in [1.29, 1.82) is 0 Å². The highest BCUT2D eigenvalue weighted by Gasteiger charge is 2.15. The topological polar surface area (TPSA) is 75.9 Å². The number of aromatic nitrogens is 2. The maximum atomic E-state index is 5.54. The first-order chi connectivity index (χ1) is 9.67. The molecule has 0 saturated heterocycles. The lowest BCUT2D eigenvalue weighted by molar-refractivity contribution is 0.850. The Hall–Kier alpha value is -2.14. The molecule has 0 spiro atoms. The van der Waals surface area contributed by atoms with Crippen LogP contribution in [0.2, 0.25) is 0 Å². The molecule has 0 fully saturated rings. The Labute approximate surface area is 119 Å². The van der Waals surface area contributed by atoms with E-state index in [9.17, 15) is 0 Å². The molecule has 5 nitrogen and oxygen atoms in total. The summed E-state index contributed by atoms with van der Waals surface area (Å²) in [6, 6.07) is 8.22. The molecule has 20 heavy (non-hydrogen) atoms. The molecular formula is C15H21N5. The van der Waals surface area contributed by atoms with Crippen LogP contribution in [0.4, 0.5) is 17.3 Å². The highest BCUT2D eigenvalue weighted by atomic mass is 15.3. The third-order valence-corrected chi connectivity index (χ3v) is 3.25. The fraction of sp³-hybridized carbons (Fsp3) is 0.333. The fourth-order valence-corrected chi connectivity index (χ4v) is 2.24. The summed E-state index contributed by atoms with van der Waals surface area (Å²) in [6.07, 6.45) is 2.48. The van der Waals surface area contributed by atoms with Crippen LogP contribution in [0.3, 0.4) is 0 Å². The lowest BCUT2D eigenvalue weighted by Crippen LogP contribution is -2.14. The van der Waals surface area contributed by atoms with E-state index < -0.39 is 0 Å². The van der Waals surface area contributed by atoms with Crippen LogP contribution in [0, 0.1) is 0 Å². The van der Waals surface area contributed by atoms with Gasteiger partial charge in [0.1, 0.15) is 18.0 Å². The molecule has 0 aliphatic carbocycles. The molecule has 0 aliphatic heterocycles. The molecule has 1 aromatic heterocycles. The summed E-state index contributed by atoms with van der Waals surface area (Å²) >= 11 is 0. The van der Waals surface area contributed by atoms with Crippen LogP contribution in [-0.2, 0) is 6.42 Å². The van der Waals surface area contributed by atoms with E-state index in [2.05, 4.69) is 53.6 Å². The molecule has 0 radical (unpaired) electrons. The normalized spacial score (nSPS) is 10.7. The van der Waals surface area contributed by atoms with Gasteiger partial charge in [0, 0.05) is 11.3 Å². The Bertz CT molecular complexity index is 580. The van der Waals surface area contributed by atoms with Crippen LogP contribution in [0.25, 0.3) is 0 Å². The van der Waals surface area contributed by atoms with Gasteiger partial charge in [0.15, 0.2) is 0 Å². The molecule has 0 aliphatic rings. The minimum atomic E-state index is 0.263. The molecule has 1 aromatic carbocycles. The SMILES string of the molecule is CCc1ccccc1Nc1ncnc(NN)c1C(C)C. The highest BCUT2D eigenvalue weighted by molar-refractivity contribution is 5.67. The fourth-order valence-electron chi connectivity index (χ4n) is 2.24. The largest absolute Gasteiger partial charge is 0.340 e. The first kappa shape index (κ1) is 14.3.